The summed E-state index contributed by atoms with van der Waals surface area (Å²) < 4.78 is 2.87. The minimum atomic E-state index is -0.512. The summed E-state index contributed by atoms with van der Waals surface area (Å²) in [6.45, 7) is 0. The molecule has 0 radical (unpaired) electrons. The molecule has 3 rings (SSSR count). The van der Waals surface area contributed by atoms with Crippen LogP contribution in [0.5, 0.6) is 0 Å². The van der Waals surface area contributed by atoms with Gasteiger partial charge in [0, 0.05) is 7.05 Å². The smallest absolute Gasteiger partial charge is 0.342 e. The molecule has 0 bridgehead atoms. The number of aryl methyl sites for hydroxylation is 1. The zero-order valence-corrected chi connectivity index (χ0v) is 11.9. The van der Waals surface area contributed by atoms with E-state index >= 15 is 0 Å². The summed E-state index contributed by atoms with van der Waals surface area (Å²) in [5, 5.41) is 15.7. The van der Waals surface area contributed by atoms with E-state index in [0.29, 0.717) is 22.6 Å². The van der Waals surface area contributed by atoms with Crippen LogP contribution in [0, 0.1) is 10.1 Å². The summed E-state index contributed by atoms with van der Waals surface area (Å²) in [6.07, 6.45) is 2.51. The van der Waals surface area contributed by atoms with E-state index < -0.39 is 4.92 Å². The van der Waals surface area contributed by atoms with Crippen molar-refractivity contribution < 1.29 is 4.92 Å². The van der Waals surface area contributed by atoms with E-state index in [1.54, 1.807) is 14.1 Å². The first-order chi connectivity index (χ1) is 9.50. The Kier molecular flexibility index (Phi) is 3.47. The highest BCUT2D eigenvalue weighted by molar-refractivity contribution is 5.96. The van der Waals surface area contributed by atoms with Gasteiger partial charge in [-0.1, -0.05) is 0 Å². The molecule has 0 aromatic carbocycles. The average Bonchev–Trinajstić information content (AvgIpc) is 2.92. The zero-order valence-electron chi connectivity index (χ0n) is 11.1. The first-order valence-corrected chi connectivity index (χ1v) is 5.60. The maximum Gasteiger partial charge on any atom is 0.342 e. The number of nitro groups is 1. The van der Waals surface area contributed by atoms with Gasteiger partial charge in [0.1, 0.15) is 18.3 Å². The van der Waals surface area contributed by atoms with Crippen LogP contribution >= 0.6 is 12.4 Å². The minimum absolute atomic E-state index is 0. The molecule has 0 aliphatic rings. The maximum atomic E-state index is 10.9. The van der Waals surface area contributed by atoms with Gasteiger partial charge in [-0.25, -0.2) is 24.2 Å². The fourth-order valence-electron chi connectivity index (χ4n) is 2.06. The fraction of sp³-hybridized carbons (Fsp3) is 0.200. The Morgan fingerprint density at radius 1 is 1.29 bits per heavy atom. The molecule has 10 nitrogen and oxygen atoms in total. The second kappa shape index (κ2) is 4.98. The van der Waals surface area contributed by atoms with Crippen molar-refractivity contribution in [1.82, 2.24) is 29.3 Å². The number of anilines is 1. The number of imidazole rings is 1. The molecule has 0 aliphatic carbocycles. The number of hydrogen-bond donors (Lipinski definition) is 1. The van der Waals surface area contributed by atoms with Gasteiger partial charge < -0.3 is 15.8 Å². The molecule has 110 valence electrons. The molecule has 21 heavy (non-hydrogen) atoms. The van der Waals surface area contributed by atoms with E-state index in [4.69, 9.17) is 5.73 Å². The van der Waals surface area contributed by atoms with Gasteiger partial charge in [-0.05, 0) is 4.92 Å². The van der Waals surface area contributed by atoms with Crippen LogP contribution in [0.4, 0.5) is 11.6 Å². The largest absolute Gasteiger partial charge is 0.383 e. The van der Waals surface area contributed by atoms with Crippen molar-refractivity contribution in [3.8, 4) is 11.5 Å². The Labute approximate surface area is 124 Å². The zero-order chi connectivity index (χ0) is 14.4. The van der Waals surface area contributed by atoms with Gasteiger partial charge in [-0.15, -0.1) is 12.4 Å². The number of nitrogens with two attached hydrogens (primary N) is 1. The Bertz CT molecular complexity index is 839. The van der Waals surface area contributed by atoms with E-state index in [0.717, 1.165) is 0 Å². The maximum absolute atomic E-state index is 10.9. The third kappa shape index (κ3) is 2.05. The lowest BCUT2D eigenvalue weighted by Gasteiger charge is -1.97. The molecule has 0 fully saturated rings. The second-order valence-corrected chi connectivity index (χ2v) is 4.19. The van der Waals surface area contributed by atoms with E-state index in [-0.39, 0.29) is 24.0 Å². The molecule has 0 saturated carbocycles. The number of nitrogen functional groups attached to an aromatic ring is 1. The standard InChI is InChI=1S/C10H10N8O2.ClH/c1-16-5(18(19)20)3-12-10(16)7-6-8(11)13-4-14-9(6)17(2)15-7;/h3-4H,1-2H3,(H2,11,13,14);1H. The molecular weight excluding hydrogens is 300 g/mol. The van der Waals surface area contributed by atoms with Crippen LogP contribution in [0.25, 0.3) is 22.6 Å². The van der Waals surface area contributed by atoms with Gasteiger partial charge in [0.25, 0.3) is 0 Å². The Morgan fingerprint density at radius 3 is 2.62 bits per heavy atom. The topological polar surface area (TPSA) is 131 Å². The predicted molar refractivity (Wildman–Crippen MR) is 76.8 cm³/mol. The van der Waals surface area contributed by atoms with Crippen LogP contribution in [0.1, 0.15) is 0 Å². The number of aromatic nitrogens is 6. The molecule has 3 heterocycles. The Balaban J connectivity index is 0.00000161. The molecular formula is C10H11ClN8O2. The van der Waals surface area contributed by atoms with Gasteiger partial charge in [-0.3, -0.25) is 0 Å². The fourth-order valence-corrected chi connectivity index (χ4v) is 2.06. The molecule has 0 spiro atoms. The summed E-state index contributed by atoms with van der Waals surface area (Å²) in [7, 11) is 3.25. The van der Waals surface area contributed by atoms with Gasteiger partial charge in [0.2, 0.25) is 5.82 Å². The molecule has 0 saturated heterocycles. The summed E-state index contributed by atoms with van der Waals surface area (Å²) >= 11 is 0. The van der Waals surface area contributed by atoms with Crippen LogP contribution < -0.4 is 5.73 Å². The predicted octanol–water partition coefficient (Wildman–Crippen LogP) is 0.676. The van der Waals surface area contributed by atoms with Crippen LogP contribution in [-0.2, 0) is 14.1 Å². The summed E-state index contributed by atoms with van der Waals surface area (Å²) in [5.41, 5.74) is 6.80. The van der Waals surface area contributed by atoms with Gasteiger partial charge >= 0.3 is 5.82 Å². The number of fused-ring (bicyclic) bond motifs is 1. The summed E-state index contributed by atoms with van der Waals surface area (Å²) in [6, 6.07) is 0. The molecule has 11 heteroatoms. The van der Waals surface area contributed by atoms with Gasteiger partial charge in [0.05, 0.1) is 12.4 Å². The second-order valence-electron chi connectivity index (χ2n) is 4.19. The van der Waals surface area contributed by atoms with Crippen molar-refractivity contribution >= 4 is 35.1 Å². The first kappa shape index (κ1) is 14.7. The van der Waals surface area contributed by atoms with Crippen molar-refractivity contribution in [3.63, 3.8) is 0 Å². The molecule has 0 atom stereocenters. The first-order valence-electron chi connectivity index (χ1n) is 5.60. The quantitative estimate of drug-likeness (QED) is 0.543. The number of hydrogen-bond acceptors (Lipinski definition) is 7. The number of halogens is 1. The number of nitrogens with zero attached hydrogens (tertiary/aromatic N) is 7. The molecule has 0 amide bonds. The summed E-state index contributed by atoms with van der Waals surface area (Å²) in [5.74, 6) is 0.460. The van der Waals surface area contributed by atoms with Gasteiger partial charge in [0.15, 0.2) is 11.3 Å². The van der Waals surface area contributed by atoms with Crippen molar-refractivity contribution in [2.24, 2.45) is 14.1 Å². The molecule has 0 unspecified atom stereocenters. The Hall–Kier alpha value is -2.75. The highest BCUT2D eigenvalue weighted by Crippen LogP contribution is 2.30. The lowest BCUT2D eigenvalue weighted by atomic mass is 10.2. The van der Waals surface area contributed by atoms with Crippen molar-refractivity contribution in [1.29, 1.82) is 0 Å². The highest BCUT2D eigenvalue weighted by Gasteiger charge is 2.24. The molecule has 3 aromatic heterocycles. The Morgan fingerprint density at radius 2 is 2.00 bits per heavy atom. The molecule has 2 N–H and O–H groups in total. The minimum Gasteiger partial charge on any atom is -0.383 e. The normalized spacial score (nSPS) is 10.6. The third-order valence-corrected chi connectivity index (χ3v) is 3.01. The highest BCUT2D eigenvalue weighted by atomic mass is 35.5. The number of rotatable bonds is 2. The third-order valence-electron chi connectivity index (χ3n) is 3.01. The van der Waals surface area contributed by atoms with E-state index in [1.165, 1.54) is 21.8 Å². The monoisotopic (exact) mass is 310 g/mol. The van der Waals surface area contributed by atoms with Crippen molar-refractivity contribution in [3.05, 3.63) is 22.6 Å². The van der Waals surface area contributed by atoms with E-state index in [2.05, 4.69) is 20.1 Å². The van der Waals surface area contributed by atoms with Crippen LogP contribution in [-0.4, -0.2) is 34.2 Å². The van der Waals surface area contributed by atoms with Crippen LogP contribution in [0.3, 0.4) is 0 Å². The van der Waals surface area contributed by atoms with E-state index in [9.17, 15) is 10.1 Å². The SMILES string of the molecule is Cl.Cn1c([N+](=O)[O-])cnc1-c1nn(C)c2ncnc(N)c12. The summed E-state index contributed by atoms with van der Waals surface area (Å²) in [4.78, 5) is 22.4. The lowest BCUT2D eigenvalue weighted by molar-refractivity contribution is -0.391. The average molecular weight is 311 g/mol. The van der Waals surface area contributed by atoms with Crippen molar-refractivity contribution in [2.45, 2.75) is 0 Å². The molecule has 0 aliphatic heterocycles. The van der Waals surface area contributed by atoms with Crippen molar-refractivity contribution in [2.75, 3.05) is 5.73 Å². The molecule has 3 aromatic rings. The van der Waals surface area contributed by atoms with Gasteiger partial charge in [-0.2, -0.15) is 5.10 Å². The van der Waals surface area contributed by atoms with Crippen LogP contribution in [0.2, 0.25) is 0 Å². The van der Waals surface area contributed by atoms with Crippen LogP contribution in [0.15, 0.2) is 12.5 Å². The van der Waals surface area contributed by atoms with E-state index in [1.807, 2.05) is 0 Å². The lowest BCUT2D eigenvalue weighted by Crippen LogP contribution is -2.00.